The molecule has 0 radical (unpaired) electrons. The van der Waals surface area contributed by atoms with Crippen molar-refractivity contribution in [3.8, 4) is 11.5 Å². The summed E-state index contributed by atoms with van der Waals surface area (Å²) in [6.07, 6.45) is 0. The average Bonchev–Trinajstić information content (AvgIpc) is 2.71. The summed E-state index contributed by atoms with van der Waals surface area (Å²) in [6, 6.07) is 12.2. The number of ether oxygens (including phenoxy) is 2. The molecule has 0 unspecified atom stereocenters. The predicted octanol–water partition coefficient (Wildman–Crippen LogP) is 2.88. The Hall–Kier alpha value is -3.61. The molecule has 0 N–H and O–H groups in total. The Labute approximate surface area is 159 Å². The van der Waals surface area contributed by atoms with Crippen molar-refractivity contribution >= 4 is 22.1 Å². The first-order valence-corrected chi connectivity index (χ1v) is 8.66. The van der Waals surface area contributed by atoms with Gasteiger partial charge < -0.3 is 13.9 Å². The van der Waals surface area contributed by atoms with Crippen molar-refractivity contribution in [2.45, 2.75) is 13.5 Å². The van der Waals surface area contributed by atoms with Gasteiger partial charge in [-0.1, -0.05) is 12.1 Å². The van der Waals surface area contributed by atoms with Gasteiger partial charge in [-0.25, -0.2) is 0 Å². The zero-order valence-electron chi connectivity index (χ0n) is 15.7. The first kappa shape index (κ1) is 17.8. The van der Waals surface area contributed by atoms with E-state index in [0.29, 0.717) is 22.5 Å². The highest BCUT2D eigenvalue weighted by Crippen LogP contribution is 2.21. The Kier molecular flexibility index (Phi) is 4.35. The van der Waals surface area contributed by atoms with Gasteiger partial charge in [-0.2, -0.15) is 4.98 Å². The van der Waals surface area contributed by atoms with Crippen molar-refractivity contribution in [1.82, 2.24) is 9.55 Å². The number of aromatic nitrogens is 2. The van der Waals surface area contributed by atoms with Gasteiger partial charge in [0.25, 0.3) is 5.56 Å². The Balaban J connectivity index is 1.91. The topological polar surface area (TPSA) is 83.6 Å². The van der Waals surface area contributed by atoms with E-state index in [9.17, 15) is 9.59 Å². The zero-order chi connectivity index (χ0) is 19.8. The average molecular weight is 378 g/mol. The van der Waals surface area contributed by atoms with Gasteiger partial charge in [-0.15, -0.1) is 0 Å². The minimum absolute atomic E-state index is 0.0271. The fraction of sp³-hybridized carbons (Fsp3) is 0.190. The molecule has 0 spiro atoms. The van der Waals surface area contributed by atoms with Crippen molar-refractivity contribution in [3.05, 3.63) is 74.4 Å². The van der Waals surface area contributed by atoms with Crippen molar-refractivity contribution in [3.63, 3.8) is 0 Å². The SMILES string of the molecule is COc1ccc(Cn2c(C)nc3oc4cc(OC)ccc4c(=O)c3c2=O)cc1. The predicted molar refractivity (Wildman–Crippen MR) is 105 cm³/mol. The summed E-state index contributed by atoms with van der Waals surface area (Å²) in [7, 11) is 3.12. The molecular formula is C21H18N2O5. The molecule has 0 atom stereocenters. The second kappa shape index (κ2) is 6.84. The fourth-order valence-corrected chi connectivity index (χ4v) is 3.14. The van der Waals surface area contributed by atoms with Crippen LogP contribution in [-0.2, 0) is 6.54 Å². The number of rotatable bonds is 4. The molecule has 2 aromatic carbocycles. The summed E-state index contributed by atoms with van der Waals surface area (Å²) in [5.74, 6) is 1.74. The van der Waals surface area contributed by atoms with Gasteiger partial charge in [0.2, 0.25) is 11.1 Å². The Morgan fingerprint density at radius 2 is 1.68 bits per heavy atom. The Morgan fingerprint density at radius 3 is 2.36 bits per heavy atom. The van der Waals surface area contributed by atoms with E-state index < -0.39 is 11.0 Å². The van der Waals surface area contributed by atoms with E-state index in [-0.39, 0.29) is 17.6 Å². The number of hydrogen-bond acceptors (Lipinski definition) is 6. The molecule has 0 aliphatic carbocycles. The van der Waals surface area contributed by atoms with Crippen molar-refractivity contribution in [2.24, 2.45) is 0 Å². The highest BCUT2D eigenvalue weighted by molar-refractivity contribution is 5.88. The van der Waals surface area contributed by atoms with E-state index in [2.05, 4.69) is 4.98 Å². The second-order valence-corrected chi connectivity index (χ2v) is 6.37. The van der Waals surface area contributed by atoms with Gasteiger partial charge in [-0.05, 0) is 36.8 Å². The van der Waals surface area contributed by atoms with Crippen LogP contribution in [0.25, 0.3) is 22.1 Å². The van der Waals surface area contributed by atoms with Gasteiger partial charge in [-0.3, -0.25) is 14.2 Å². The molecule has 0 saturated heterocycles. The van der Waals surface area contributed by atoms with Gasteiger partial charge in [0, 0.05) is 6.07 Å². The molecule has 28 heavy (non-hydrogen) atoms. The maximum atomic E-state index is 13.1. The van der Waals surface area contributed by atoms with Crippen LogP contribution in [0.4, 0.5) is 0 Å². The van der Waals surface area contributed by atoms with Crippen LogP contribution >= 0.6 is 0 Å². The lowest BCUT2D eigenvalue weighted by Crippen LogP contribution is -2.28. The summed E-state index contributed by atoms with van der Waals surface area (Å²) in [5, 5.41) is 0.254. The van der Waals surface area contributed by atoms with Gasteiger partial charge in [0.15, 0.2) is 5.39 Å². The summed E-state index contributed by atoms with van der Waals surface area (Å²) in [5.41, 5.74) is 0.419. The molecule has 2 aromatic heterocycles. The molecule has 0 aliphatic rings. The number of methoxy groups -OCH3 is 2. The standard InChI is InChI=1S/C21H18N2O5/c1-12-22-20-18(19(24)16-9-8-15(27-3)10-17(16)28-20)21(25)23(12)11-13-4-6-14(26-2)7-5-13/h4-10H,11H2,1-3H3. The van der Waals surface area contributed by atoms with Crippen LogP contribution in [-0.4, -0.2) is 23.8 Å². The zero-order valence-corrected chi connectivity index (χ0v) is 15.7. The number of nitrogens with zero attached hydrogens (tertiary/aromatic N) is 2. The van der Waals surface area contributed by atoms with Crippen LogP contribution in [0.15, 0.2) is 56.5 Å². The lowest BCUT2D eigenvalue weighted by molar-refractivity contribution is 0.414. The van der Waals surface area contributed by atoms with Crippen molar-refractivity contribution in [1.29, 1.82) is 0 Å². The minimum Gasteiger partial charge on any atom is -0.497 e. The quantitative estimate of drug-likeness (QED) is 0.508. The molecule has 4 rings (SSSR count). The van der Waals surface area contributed by atoms with Gasteiger partial charge in [0.1, 0.15) is 22.9 Å². The van der Waals surface area contributed by atoms with Crippen molar-refractivity contribution < 1.29 is 13.9 Å². The van der Waals surface area contributed by atoms with Gasteiger partial charge >= 0.3 is 0 Å². The van der Waals surface area contributed by atoms with Crippen LogP contribution in [0, 0.1) is 6.92 Å². The smallest absolute Gasteiger partial charge is 0.269 e. The maximum absolute atomic E-state index is 13.1. The molecule has 0 amide bonds. The van der Waals surface area contributed by atoms with E-state index in [1.54, 1.807) is 32.2 Å². The molecule has 0 aliphatic heterocycles. The Bertz CT molecular complexity index is 1300. The third-order valence-corrected chi connectivity index (χ3v) is 4.69. The molecule has 7 nitrogen and oxygen atoms in total. The third kappa shape index (κ3) is 2.90. The summed E-state index contributed by atoms with van der Waals surface area (Å²) in [6.45, 7) is 2.00. The third-order valence-electron chi connectivity index (χ3n) is 4.69. The van der Waals surface area contributed by atoms with Crippen LogP contribution in [0.5, 0.6) is 11.5 Å². The van der Waals surface area contributed by atoms with Crippen LogP contribution in [0.2, 0.25) is 0 Å². The Morgan fingerprint density at radius 1 is 1.00 bits per heavy atom. The summed E-state index contributed by atoms with van der Waals surface area (Å²) >= 11 is 0. The van der Waals surface area contributed by atoms with Gasteiger partial charge in [0.05, 0.1) is 26.2 Å². The second-order valence-electron chi connectivity index (χ2n) is 6.37. The summed E-state index contributed by atoms with van der Waals surface area (Å²) in [4.78, 5) is 30.4. The van der Waals surface area contributed by atoms with Crippen LogP contribution in [0.3, 0.4) is 0 Å². The first-order chi connectivity index (χ1) is 13.5. The van der Waals surface area contributed by atoms with Crippen LogP contribution < -0.4 is 20.5 Å². The highest BCUT2D eigenvalue weighted by atomic mass is 16.5. The lowest BCUT2D eigenvalue weighted by atomic mass is 10.2. The first-order valence-electron chi connectivity index (χ1n) is 8.66. The van der Waals surface area contributed by atoms with E-state index in [1.165, 1.54) is 11.7 Å². The summed E-state index contributed by atoms with van der Waals surface area (Å²) < 4.78 is 17.5. The van der Waals surface area contributed by atoms with Crippen molar-refractivity contribution in [2.75, 3.05) is 14.2 Å². The monoisotopic (exact) mass is 378 g/mol. The number of benzene rings is 2. The number of hydrogen-bond donors (Lipinski definition) is 0. The molecule has 0 saturated carbocycles. The van der Waals surface area contributed by atoms with E-state index in [0.717, 1.165) is 11.3 Å². The molecular weight excluding hydrogens is 360 g/mol. The fourth-order valence-electron chi connectivity index (χ4n) is 3.14. The molecule has 0 fully saturated rings. The van der Waals surface area contributed by atoms with Crippen LogP contribution in [0.1, 0.15) is 11.4 Å². The maximum Gasteiger partial charge on any atom is 0.269 e. The lowest BCUT2D eigenvalue weighted by Gasteiger charge is -2.11. The highest BCUT2D eigenvalue weighted by Gasteiger charge is 2.17. The number of aryl methyl sites for hydroxylation is 1. The minimum atomic E-state index is -0.426. The normalized spacial score (nSPS) is 11.1. The van der Waals surface area contributed by atoms with E-state index in [1.807, 2.05) is 24.3 Å². The van der Waals surface area contributed by atoms with E-state index >= 15 is 0 Å². The molecule has 2 heterocycles. The molecule has 0 bridgehead atoms. The number of fused-ring (bicyclic) bond motifs is 2. The molecule has 7 heteroatoms. The van der Waals surface area contributed by atoms with E-state index in [4.69, 9.17) is 13.9 Å². The molecule has 4 aromatic rings. The molecule has 142 valence electrons. The largest absolute Gasteiger partial charge is 0.497 e.